The van der Waals surface area contributed by atoms with Gasteiger partial charge in [0.2, 0.25) is 0 Å². The van der Waals surface area contributed by atoms with Gasteiger partial charge in [0.15, 0.2) is 0 Å². The SMILES string of the molecule is c1csc(CCNCC2CCCOC2)n1. The van der Waals surface area contributed by atoms with Crippen molar-refractivity contribution >= 4 is 11.3 Å². The molecule has 0 aliphatic carbocycles. The van der Waals surface area contributed by atoms with E-state index in [0.717, 1.165) is 38.6 Å². The number of nitrogens with one attached hydrogen (secondary N) is 1. The van der Waals surface area contributed by atoms with Gasteiger partial charge in [-0.3, -0.25) is 0 Å². The van der Waals surface area contributed by atoms with Gasteiger partial charge in [0.05, 0.1) is 11.6 Å². The fourth-order valence-electron chi connectivity index (χ4n) is 1.85. The summed E-state index contributed by atoms with van der Waals surface area (Å²) in [5.41, 5.74) is 0. The number of ether oxygens (including phenoxy) is 1. The molecule has 0 spiro atoms. The molecule has 1 aliphatic rings. The van der Waals surface area contributed by atoms with Crippen molar-refractivity contribution in [2.24, 2.45) is 5.92 Å². The molecule has 1 atom stereocenters. The molecular formula is C11H18N2OS. The molecule has 3 nitrogen and oxygen atoms in total. The van der Waals surface area contributed by atoms with Crippen LogP contribution in [0.2, 0.25) is 0 Å². The lowest BCUT2D eigenvalue weighted by molar-refractivity contribution is 0.0550. The van der Waals surface area contributed by atoms with Crippen LogP contribution < -0.4 is 5.32 Å². The second-order valence-corrected chi connectivity index (χ2v) is 4.94. The molecule has 1 aromatic heterocycles. The average molecular weight is 226 g/mol. The van der Waals surface area contributed by atoms with Gasteiger partial charge in [0.1, 0.15) is 0 Å². The Kier molecular flexibility index (Phi) is 4.57. The van der Waals surface area contributed by atoms with Crippen LogP contribution in [0.5, 0.6) is 0 Å². The van der Waals surface area contributed by atoms with Crippen LogP contribution in [0.1, 0.15) is 17.8 Å². The quantitative estimate of drug-likeness (QED) is 0.776. The number of rotatable bonds is 5. The van der Waals surface area contributed by atoms with Crippen molar-refractivity contribution in [3.63, 3.8) is 0 Å². The lowest BCUT2D eigenvalue weighted by atomic mass is 10.0. The molecule has 1 aliphatic heterocycles. The second-order valence-electron chi connectivity index (χ2n) is 3.96. The Morgan fingerprint density at radius 3 is 3.33 bits per heavy atom. The van der Waals surface area contributed by atoms with Crippen LogP contribution in [0, 0.1) is 5.92 Å². The van der Waals surface area contributed by atoms with Crippen LogP contribution >= 0.6 is 11.3 Å². The molecule has 2 heterocycles. The van der Waals surface area contributed by atoms with E-state index in [2.05, 4.69) is 10.3 Å². The summed E-state index contributed by atoms with van der Waals surface area (Å²) in [6, 6.07) is 0. The van der Waals surface area contributed by atoms with Crippen molar-refractivity contribution in [2.75, 3.05) is 26.3 Å². The highest BCUT2D eigenvalue weighted by Gasteiger charge is 2.12. The van der Waals surface area contributed by atoms with Crippen LogP contribution in [-0.4, -0.2) is 31.3 Å². The zero-order valence-electron chi connectivity index (χ0n) is 8.95. The number of aromatic nitrogens is 1. The third-order valence-corrected chi connectivity index (χ3v) is 3.53. The zero-order chi connectivity index (χ0) is 10.3. The Morgan fingerprint density at radius 1 is 1.60 bits per heavy atom. The molecule has 0 bridgehead atoms. The second kappa shape index (κ2) is 6.20. The van der Waals surface area contributed by atoms with Crippen molar-refractivity contribution in [3.05, 3.63) is 16.6 Å². The van der Waals surface area contributed by atoms with Crippen LogP contribution in [0.3, 0.4) is 0 Å². The van der Waals surface area contributed by atoms with E-state index in [0.29, 0.717) is 0 Å². The molecule has 1 unspecified atom stereocenters. The molecule has 1 fully saturated rings. The Hall–Kier alpha value is -0.450. The smallest absolute Gasteiger partial charge is 0.0937 e. The molecule has 15 heavy (non-hydrogen) atoms. The predicted molar refractivity (Wildman–Crippen MR) is 62.2 cm³/mol. The Bertz CT molecular complexity index is 258. The topological polar surface area (TPSA) is 34.1 Å². The fraction of sp³-hybridized carbons (Fsp3) is 0.727. The molecule has 1 N–H and O–H groups in total. The molecule has 84 valence electrons. The highest BCUT2D eigenvalue weighted by atomic mass is 32.1. The zero-order valence-corrected chi connectivity index (χ0v) is 9.76. The lowest BCUT2D eigenvalue weighted by Gasteiger charge is -2.22. The van der Waals surface area contributed by atoms with Gasteiger partial charge in [-0.15, -0.1) is 11.3 Å². The van der Waals surface area contributed by atoms with Gasteiger partial charge >= 0.3 is 0 Å². The van der Waals surface area contributed by atoms with Gasteiger partial charge in [-0.25, -0.2) is 4.98 Å². The van der Waals surface area contributed by atoms with Crippen LogP contribution in [0.4, 0.5) is 0 Å². The molecule has 1 saturated heterocycles. The molecule has 2 rings (SSSR count). The van der Waals surface area contributed by atoms with E-state index in [1.165, 1.54) is 17.8 Å². The normalized spacial score (nSPS) is 21.7. The van der Waals surface area contributed by atoms with E-state index in [-0.39, 0.29) is 0 Å². The number of hydrogen-bond donors (Lipinski definition) is 1. The van der Waals surface area contributed by atoms with Crippen molar-refractivity contribution < 1.29 is 4.74 Å². The maximum Gasteiger partial charge on any atom is 0.0937 e. The maximum atomic E-state index is 5.43. The van der Waals surface area contributed by atoms with Gasteiger partial charge in [0.25, 0.3) is 0 Å². The van der Waals surface area contributed by atoms with E-state index >= 15 is 0 Å². The van der Waals surface area contributed by atoms with Crippen molar-refractivity contribution in [3.8, 4) is 0 Å². The minimum Gasteiger partial charge on any atom is -0.381 e. The number of thiazole rings is 1. The highest BCUT2D eigenvalue weighted by Crippen LogP contribution is 2.12. The maximum absolute atomic E-state index is 5.43. The first-order valence-electron chi connectivity index (χ1n) is 5.62. The van der Waals surface area contributed by atoms with Gasteiger partial charge in [-0.1, -0.05) is 0 Å². The van der Waals surface area contributed by atoms with E-state index in [9.17, 15) is 0 Å². The van der Waals surface area contributed by atoms with Gasteiger partial charge in [0, 0.05) is 37.7 Å². The average Bonchev–Trinajstić information content (AvgIpc) is 2.79. The summed E-state index contributed by atoms with van der Waals surface area (Å²) in [4.78, 5) is 4.25. The van der Waals surface area contributed by atoms with E-state index in [4.69, 9.17) is 4.74 Å². The molecule has 0 saturated carbocycles. The van der Waals surface area contributed by atoms with Crippen molar-refractivity contribution in [2.45, 2.75) is 19.3 Å². The molecule has 4 heteroatoms. The van der Waals surface area contributed by atoms with Crippen molar-refractivity contribution in [1.82, 2.24) is 10.3 Å². The summed E-state index contributed by atoms with van der Waals surface area (Å²) in [5.74, 6) is 0.718. The highest BCUT2D eigenvalue weighted by molar-refractivity contribution is 7.09. The summed E-state index contributed by atoms with van der Waals surface area (Å²) in [7, 11) is 0. The summed E-state index contributed by atoms with van der Waals surface area (Å²) in [6.07, 6.45) is 5.45. The molecule has 0 aromatic carbocycles. The Morgan fingerprint density at radius 2 is 2.60 bits per heavy atom. The van der Waals surface area contributed by atoms with Gasteiger partial charge in [-0.2, -0.15) is 0 Å². The largest absolute Gasteiger partial charge is 0.381 e. The molecular weight excluding hydrogens is 208 g/mol. The Labute approximate surface area is 94.9 Å². The van der Waals surface area contributed by atoms with Crippen LogP contribution in [0.25, 0.3) is 0 Å². The summed E-state index contributed by atoms with van der Waals surface area (Å²) in [6.45, 7) is 4.01. The van der Waals surface area contributed by atoms with Crippen LogP contribution in [0.15, 0.2) is 11.6 Å². The molecule has 1 aromatic rings. The molecule has 0 radical (unpaired) electrons. The Balaban J connectivity index is 1.54. The summed E-state index contributed by atoms with van der Waals surface area (Å²) >= 11 is 1.73. The third kappa shape index (κ3) is 3.89. The van der Waals surface area contributed by atoms with Gasteiger partial charge < -0.3 is 10.1 Å². The first-order chi connectivity index (χ1) is 7.45. The van der Waals surface area contributed by atoms with E-state index in [1.807, 2.05) is 11.6 Å². The van der Waals surface area contributed by atoms with E-state index in [1.54, 1.807) is 11.3 Å². The monoisotopic (exact) mass is 226 g/mol. The standard InChI is InChI=1S/C11H18N2OS/c1-2-10(9-14-6-1)8-12-4-3-11-13-5-7-15-11/h5,7,10,12H,1-4,6,8-9H2. The predicted octanol–water partition coefficient (Wildman–Crippen LogP) is 1.70. The van der Waals surface area contributed by atoms with Crippen LogP contribution in [-0.2, 0) is 11.2 Å². The van der Waals surface area contributed by atoms with Gasteiger partial charge in [-0.05, 0) is 18.8 Å². The first kappa shape index (κ1) is 11.0. The minimum absolute atomic E-state index is 0.718. The number of hydrogen-bond acceptors (Lipinski definition) is 4. The minimum atomic E-state index is 0.718. The van der Waals surface area contributed by atoms with E-state index < -0.39 is 0 Å². The summed E-state index contributed by atoms with van der Waals surface area (Å²) < 4.78 is 5.43. The summed E-state index contributed by atoms with van der Waals surface area (Å²) in [5, 5.41) is 6.74. The third-order valence-electron chi connectivity index (χ3n) is 2.69. The van der Waals surface area contributed by atoms with Crippen molar-refractivity contribution in [1.29, 1.82) is 0 Å². The lowest BCUT2D eigenvalue weighted by Crippen LogP contribution is -2.30. The number of nitrogens with zero attached hydrogens (tertiary/aromatic N) is 1. The fourth-order valence-corrected chi connectivity index (χ4v) is 2.47. The molecule has 0 amide bonds. The first-order valence-corrected chi connectivity index (χ1v) is 6.50.